The molecule has 2 aromatic heterocycles. The van der Waals surface area contributed by atoms with Crippen LogP contribution in [0.25, 0.3) is 11.3 Å². The molecule has 1 amide bonds. The van der Waals surface area contributed by atoms with Gasteiger partial charge in [-0.15, -0.1) is 0 Å². The first kappa shape index (κ1) is 17.0. The maximum Gasteiger partial charge on any atom is 0.267 e. The first-order valence-corrected chi connectivity index (χ1v) is 8.40. The fraction of sp³-hybridized carbons (Fsp3) is 0.111. The van der Waals surface area contributed by atoms with Gasteiger partial charge in [-0.2, -0.15) is 5.10 Å². The zero-order chi connectivity index (χ0) is 17.8. The monoisotopic (exact) mass is 398 g/mol. The van der Waals surface area contributed by atoms with Gasteiger partial charge in [-0.25, -0.2) is 4.68 Å². The lowest BCUT2D eigenvalue weighted by atomic mass is 10.2. The molecular weight excluding hydrogens is 384 g/mol. The van der Waals surface area contributed by atoms with Gasteiger partial charge in [0.15, 0.2) is 0 Å². The average molecular weight is 399 g/mol. The van der Waals surface area contributed by atoms with Gasteiger partial charge < -0.3 is 5.32 Å². The van der Waals surface area contributed by atoms with Crippen molar-refractivity contribution in [1.29, 1.82) is 0 Å². The summed E-state index contributed by atoms with van der Waals surface area (Å²) in [5.74, 6) is -0.316. The third-order valence-corrected chi connectivity index (χ3v) is 4.19. The molecule has 0 spiro atoms. The molecule has 0 saturated heterocycles. The van der Waals surface area contributed by atoms with Crippen molar-refractivity contribution in [1.82, 2.24) is 14.8 Å². The summed E-state index contributed by atoms with van der Waals surface area (Å²) < 4.78 is 2.10. The summed E-state index contributed by atoms with van der Waals surface area (Å²) in [5, 5.41) is 7.11. The van der Waals surface area contributed by atoms with Crippen LogP contribution in [0, 0.1) is 0 Å². The Kier molecular flexibility index (Phi) is 5.04. The van der Waals surface area contributed by atoms with Crippen LogP contribution >= 0.6 is 15.9 Å². The fourth-order valence-corrected chi connectivity index (χ4v) is 2.53. The number of carbonyl (C=O) groups excluding carboxylic acids is 1. The predicted molar refractivity (Wildman–Crippen MR) is 99.2 cm³/mol. The standard InChI is InChI=1S/C18H15BrN4O2/c1-12(18(25)21-15-4-2-14(19)3-5-15)23-17(24)7-6-16(22-23)13-8-10-20-11-9-13/h2-12H,1H3,(H,21,25). The van der Waals surface area contributed by atoms with E-state index in [9.17, 15) is 9.59 Å². The molecule has 0 saturated carbocycles. The van der Waals surface area contributed by atoms with E-state index >= 15 is 0 Å². The lowest BCUT2D eigenvalue weighted by Crippen LogP contribution is -2.33. The summed E-state index contributed by atoms with van der Waals surface area (Å²) in [6.45, 7) is 1.64. The topological polar surface area (TPSA) is 76.9 Å². The Hall–Kier alpha value is -2.80. The van der Waals surface area contributed by atoms with Crippen molar-refractivity contribution in [3.05, 3.63) is 75.8 Å². The Balaban J connectivity index is 1.86. The van der Waals surface area contributed by atoms with E-state index < -0.39 is 6.04 Å². The number of aromatic nitrogens is 3. The number of carbonyl (C=O) groups is 1. The number of benzene rings is 1. The SMILES string of the molecule is CC(C(=O)Nc1ccc(Br)cc1)n1nc(-c2ccncc2)ccc1=O. The maximum atomic E-state index is 12.5. The molecule has 7 heteroatoms. The molecule has 3 rings (SSSR count). The minimum atomic E-state index is -0.752. The van der Waals surface area contributed by atoms with Crippen molar-refractivity contribution in [2.45, 2.75) is 13.0 Å². The van der Waals surface area contributed by atoms with Crippen LogP contribution in [0.3, 0.4) is 0 Å². The largest absolute Gasteiger partial charge is 0.324 e. The maximum absolute atomic E-state index is 12.5. The van der Waals surface area contributed by atoms with Crippen LogP contribution in [0.15, 0.2) is 70.2 Å². The highest BCUT2D eigenvalue weighted by Crippen LogP contribution is 2.17. The van der Waals surface area contributed by atoms with Gasteiger partial charge in [0.2, 0.25) is 5.91 Å². The molecule has 0 aliphatic carbocycles. The van der Waals surface area contributed by atoms with Gasteiger partial charge in [-0.3, -0.25) is 14.6 Å². The molecular formula is C18H15BrN4O2. The van der Waals surface area contributed by atoms with E-state index in [1.807, 2.05) is 12.1 Å². The second-order valence-corrected chi connectivity index (χ2v) is 6.33. The minimum absolute atomic E-state index is 0.316. The number of rotatable bonds is 4. The first-order chi connectivity index (χ1) is 12.0. The van der Waals surface area contributed by atoms with Gasteiger partial charge >= 0.3 is 0 Å². The molecule has 0 bridgehead atoms. The number of amides is 1. The number of hydrogen-bond donors (Lipinski definition) is 1. The van der Waals surface area contributed by atoms with Crippen LogP contribution in [-0.4, -0.2) is 20.7 Å². The van der Waals surface area contributed by atoms with Crippen molar-refractivity contribution in [2.75, 3.05) is 5.32 Å². The van der Waals surface area contributed by atoms with Crippen molar-refractivity contribution < 1.29 is 4.79 Å². The molecule has 126 valence electrons. The van der Waals surface area contributed by atoms with Crippen molar-refractivity contribution in [3.8, 4) is 11.3 Å². The van der Waals surface area contributed by atoms with Gasteiger partial charge in [-0.1, -0.05) is 15.9 Å². The Labute approximate surface area is 152 Å². The van der Waals surface area contributed by atoms with E-state index in [2.05, 4.69) is 31.3 Å². The van der Waals surface area contributed by atoms with Crippen molar-refractivity contribution in [2.24, 2.45) is 0 Å². The lowest BCUT2D eigenvalue weighted by Gasteiger charge is -2.15. The Morgan fingerprint density at radius 1 is 1.08 bits per heavy atom. The highest BCUT2D eigenvalue weighted by Gasteiger charge is 2.18. The number of halogens is 1. The van der Waals surface area contributed by atoms with Crippen LogP contribution in [0.5, 0.6) is 0 Å². The van der Waals surface area contributed by atoms with Crippen LogP contribution in [0.4, 0.5) is 5.69 Å². The molecule has 0 aliphatic heterocycles. The lowest BCUT2D eigenvalue weighted by molar-refractivity contribution is -0.119. The second kappa shape index (κ2) is 7.40. The van der Waals surface area contributed by atoms with Gasteiger partial charge in [0, 0.05) is 34.2 Å². The molecule has 25 heavy (non-hydrogen) atoms. The predicted octanol–water partition coefficient (Wildman–Crippen LogP) is 3.27. The third kappa shape index (κ3) is 4.00. The summed E-state index contributed by atoms with van der Waals surface area (Å²) in [5.41, 5.74) is 1.74. The number of pyridine rings is 1. The summed E-state index contributed by atoms with van der Waals surface area (Å²) in [4.78, 5) is 28.6. The molecule has 1 N–H and O–H groups in total. The zero-order valence-corrected chi connectivity index (χ0v) is 15.0. The summed E-state index contributed by atoms with van der Waals surface area (Å²) >= 11 is 3.34. The smallest absolute Gasteiger partial charge is 0.267 e. The highest BCUT2D eigenvalue weighted by molar-refractivity contribution is 9.10. The normalized spacial score (nSPS) is 11.8. The molecule has 0 aliphatic rings. The van der Waals surface area contributed by atoms with Crippen molar-refractivity contribution >= 4 is 27.5 Å². The number of hydrogen-bond acceptors (Lipinski definition) is 4. The van der Waals surface area contributed by atoms with Gasteiger partial charge in [0.25, 0.3) is 5.56 Å². The van der Waals surface area contributed by atoms with E-state index in [1.54, 1.807) is 49.6 Å². The molecule has 3 aromatic rings. The molecule has 0 fully saturated rings. The summed E-state index contributed by atoms with van der Waals surface area (Å²) in [6, 6.07) is 13.1. The van der Waals surface area contributed by atoms with Crippen molar-refractivity contribution in [3.63, 3.8) is 0 Å². The minimum Gasteiger partial charge on any atom is -0.324 e. The quantitative estimate of drug-likeness (QED) is 0.731. The van der Waals surface area contributed by atoms with Crippen LogP contribution < -0.4 is 10.9 Å². The van der Waals surface area contributed by atoms with E-state index in [-0.39, 0.29) is 11.5 Å². The molecule has 0 radical (unpaired) electrons. The number of nitrogens with zero attached hydrogens (tertiary/aromatic N) is 3. The van der Waals surface area contributed by atoms with Crippen LogP contribution in [0.2, 0.25) is 0 Å². The van der Waals surface area contributed by atoms with E-state index in [4.69, 9.17) is 0 Å². The van der Waals surface area contributed by atoms with E-state index in [0.717, 1.165) is 10.0 Å². The van der Waals surface area contributed by atoms with Gasteiger partial charge in [0.1, 0.15) is 6.04 Å². The van der Waals surface area contributed by atoms with E-state index in [1.165, 1.54) is 10.7 Å². The first-order valence-electron chi connectivity index (χ1n) is 7.61. The Bertz CT molecular complexity index is 939. The van der Waals surface area contributed by atoms with Gasteiger partial charge in [-0.05, 0) is 49.4 Å². The molecule has 1 aromatic carbocycles. The second-order valence-electron chi connectivity index (χ2n) is 5.41. The van der Waals surface area contributed by atoms with Gasteiger partial charge in [0.05, 0.1) is 5.69 Å². The Morgan fingerprint density at radius 2 is 1.76 bits per heavy atom. The number of anilines is 1. The average Bonchev–Trinajstić information content (AvgIpc) is 2.64. The van der Waals surface area contributed by atoms with Crippen LogP contribution in [-0.2, 0) is 4.79 Å². The van der Waals surface area contributed by atoms with Crippen LogP contribution in [0.1, 0.15) is 13.0 Å². The molecule has 1 unspecified atom stereocenters. The molecule has 6 nitrogen and oxygen atoms in total. The number of nitrogens with one attached hydrogen (secondary N) is 1. The highest BCUT2D eigenvalue weighted by atomic mass is 79.9. The fourth-order valence-electron chi connectivity index (χ4n) is 2.27. The third-order valence-electron chi connectivity index (χ3n) is 3.66. The molecule has 2 heterocycles. The summed E-state index contributed by atoms with van der Waals surface area (Å²) in [6.07, 6.45) is 3.30. The van der Waals surface area contributed by atoms with E-state index in [0.29, 0.717) is 11.4 Å². The Morgan fingerprint density at radius 3 is 2.44 bits per heavy atom. The summed E-state index contributed by atoms with van der Waals surface area (Å²) in [7, 11) is 0. The zero-order valence-electron chi connectivity index (χ0n) is 13.4. The molecule has 1 atom stereocenters.